The first-order valence-electron chi connectivity index (χ1n) is 8.34. The number of rotatable bonds is 6. The zero-order chi connectivity index (χ0) is 14.8. The van der Waals surface area contributed by atoms with Crippen LogP contribution in [0.1, 0.15) is 44.0 Å². The Morgan fingerprint density at radius 1 is 1.29 bits per heavy atom. The van der Waals surface area contributed by atoms with Crippen molar-refractivity contribution >= 4 is 11.6 Å². The van der Waals surface area contributed by atoms with E-state index in [0.29, 0.717) is 0 Å². The SMILES string of the molecule is CCc1nn(C)c(CN(CC2CCNCC2)C2CC2)c1Cl. The average Bonchev–Trinajstić information content (AvgIpc) is 3.30. The second kappa shape index (κ2) is 6.67. The first kappa shape index (κ1) is 15.3. The highest BCUT2D eigenvalue weighted by Crippen LogP contribution is 2.32. The third kappa shape index (κ3) is 3.61. The summed E-state index contributed by atoms with van der Waals surface area (Å²) >= 11 is 6.52. The third-order valence-electron chi connectivity index (χ3n) is 4.87. The van der Waals surface area contributed by atoms with Crippen molar-refractivity contribution < 1.29 is 0 Å². The second-order valence-corrected chi connectivity index (χ2v) is 6.92. The van der Waals surface area contributed by atoms with Crippen molar-refractivity contribution in [2.24, 2.45) is 13.0 Å². The Hall–Kier alpha value is -0.580. The van der Waals surface area contributed by atoms with Gasteiger partial charge in [0.2, 0.25) is 0 Å². The standard InChI is InChI=1S/C16H27ClN4/c1-3-14-16(17)15(20(2)19-14)11-21(13-4-5-13)10-12-6-8-18-9-7-12/h12-13,18H,3-11H2,1-2H3. The largest absolute Gasteiger partial charge is 0.317 e. The second-order valence-electron chi connectivity index (χ2n) is 6.54. The van der Waals surface area contributed by atoms with Crippen molar-refractivity contribution in [1.82, 2.24) is 20.0 Å². The zero-order valence-corrected chi connectivity index (χ0v) is 14.0. The van der Waals surface area contributed by atoms with E-state index in [2.05, 4.69) is 22.2 Å². The molecular weight excluding hydrogens is 284 g/mol. The molecule has 1 aliphatic heterocycles. The highest BCUT2D eigenvalue weighted by molar-refractivity contribution is 6.31. The number of nitrogens with zero attached hydrogens (tertiary/aromatic N) is 3. The number of halogens is 1. The van der Waals surface area contributed by atoms with Gasteiger partial charge in [-0.15, -0.1) is 0 Å². The molecule has 0 bridgehead atoms. The van der Waals surface area contributed by atoms with Crippen LogP contribution in [-0.4, -0.2) is 40.4 Å². The van der Waals surface area contributed by atoms with Crippen molar-refractivity contribution in [3.05, 3.63) is 16.4 Å². The van der Waals surface area contributed by atoms with E-state index in [1.807, 2.05) is 11.7 Å². The van der Waals surface area contributed by atoms with E-state index in [1.54, 1.807) is 0 Å². The molecule has 1 saturated heterocycles. The molecule has 1 aliphatic carbocycles. The summed E-state index contributed by atoms with van der Waals surface area (Å²) in [5.74, 6) is 0.837. The highest BCUT2D eigenvalue weighted by Gasteiger charge is 2.32. The van der Waals surface area contributed by atoms with Gasteiger partial charge in [0.15, 0.2) is 0 Å². The Balaban J connectivity index is 1.68. The minimum Gasteiger partial charge on any atom is -0.317 e. The molecule has 0 aromatic carbocycles. The van der Waals surface area contributed by atoms with E-state index in [4.69, 9.17) is 11.6 Å². The molecule has 0 amide bonds. The molecule has 0 atom stereocenters. The quantitative estimate of drug-likeness (QED) is 0.877. The van der Waals surface area contributed by atoms with Crippen LogP contribution in [0.4, 0.5) is 0 Å². The lowest BCUT2D eigenvalue weighted by Crippen LogP contribution is -2.37. The Morgan fingerprint density at radius 2 is 2.00 bits per heavy atom. The molecule has 5 heteroatoms. The lowest BCUT2D eigenvalue weighted by Gasteiger charge is -2.30. The molecule has 2 aliphatic rings. The molecule has 1 N–H and O–H groups in total. The fourth-order valence-electron chi connectivity index (χ4n) is 3.36. The maximum atomic E-state index is 6.52. The van der Waals surface area contributed by atoms with Crippen LogP contribution in [-0.2, 0) is 20.0 Å². The van der Waals surface area contributed by atoms with Crippen LogP contribution in [0.3, 0.4) is 0 Å². The van der Waals surface area contributed by atoms with Gasteiger partial charge < -0.3 is 5.32 Å². The number of piperidine rings is 1. The fourth-order valence-corrected chi connectivity index (χ4v) is 3.72. The average molecular weight is 311 g/mol. The number of hydrogen-bond donors (Lipinski definition) is 1. The Kier molecular flexibility index (Phi) is 4.87. The number of hydrogen-bond acceptors (Lipinski definition) is 3. The monoisotopic (exact) mass is 310 g/mol. The van der Waals surface area contributed by atoms with Gasteiger partial charge in [0.25, 0.3) is 0 Å². The van der Waals surface area contributed by atoms with Gasteiger partial charge in [-0.1, -0.05) is 18.5 Å². The summed E-state index contributed by atoms with van der Waals surface area (Å²) in [5, 5.41) is 8.90. The molecule has 0 spiro atoms. The minimum atomic E-state index is 0.774. The molecule has 2 heterocycles. The van der Waals surface area contributed by atoms with Gasteiger partial charge in [-0.05, 0) is 51.1 Å². The van der Waals surface area contributed by atoms with Gasteiger partial charge in [-0.2, -0.15) is 5.10 Å². The number of aryl methyl sites for hydroxylation is 2. The summed E-state index contributed by atoms with van der Waals surface area (Å²) in [6.45, 7) is 6.64. The molecule has 3 rings (SSSR count). The number of aromatic nitrogens is 2. The fraction of sp³-hybridized carbons (Fsp3) is 0.812. The van der Waals surface area contributed by atoms with E-state index in [-0.39, 0.29) is 0 Å². The molecule has 1 saturated carbocycles. The van der Waals surface area contributed by atoms with Crippen molar-refractivity contribution in [3.8, 4) is 0 Å². The van der Waals surface area contributed by atoms with Crippen LogP contribution in [0.2, 0.25) is 5.02 Å². The molecule has 0 radical (unpaired) electrons. The lowest BCUT2D eigenvalue weighted by molar-refractivity contribution is 0.186. The van der Waals surface area contributed by atoms with Gasteiger partial charge in [0, 0.05) is 26.2 Å². The molecular formula is C16H27ClN4. The first-order chi connectivity index (χ1) is 10.2. The van der Waals surface area contributed by atoms with E-state index in [1.165, 1.54) is 51.0 Å². The van der Waals surface area contributed by atoms with Crippen LogP contribution >= 0.6 is 11.6 Å². The maximum Gasteiger partial charge on any atom is 0.0863 e. The van der Waals surface area contributed by atoms with E-state index in [9.17, 15) is 0 Å². The van der Waals surface area contributed by atoms with E-state index >= 15 is 0 Å². The maximum absolute atomic E-state index is 6.52. The molecule has 2 fully saturated rings. The summed E-state index contributed by atoms with van der Waals surface area (Å²) < 4.78 is 1.99. The van der Waals surface area contributed by atoms with Crippen molar-refractivity contribution in [2.75, 3.05) is 19.6 Å². The van der Waals surface area contributed by atoms with E-state index < -0.39 is 0 Å². The molecule has 21 heavy (non-hydrogen) atoms. The summed E-state index contributed by atoms with van der Waals surface area (Å²) in [6, 6.07) is 0.774. The van der Waals surface area contributed by atoms with Crippen LogP contribution < -0.4 is 5.32 Å². The van der Waals surface area contributed by atoms with Crippen molar-refractivity contribution in [3.63, 3.8) is 0 Å². The predicted octanol–water partition coefficient (Wildman–Crippen LogP) is 2.60. The minimum absolute atomic E-state index is 0.774. The lowest BCUT2D eigenvalue weighted by atomic mass is 9.97. The molecule has 4 nitrogen and oxygen atoms in total. The molecule has 118 valence electrons. The summed E-state index contributed by atoms with van der Waals surface area (Å²) in [6.07, 6.45) is 6.22. The zero-order valence-electron chi connectivity index (χ0n) is 13.2. The number of nitrogens with one attached hydrogen (secondary N) is 1. The summed E-state index contributed by atoms with van der Waals surface area (Å²) in [5.41, 5.74) is 2.22. The third-order valence-corrected chi connectivity index (χ3v) is 5.31. The van der Waals surface area contributed by atoms with Crippen molar-refractivity contribution in [1.29, 1.82) is 0 Å². The van der Waals surface area contributed by atoms with Gasteiger partial charge in [0.1, 0.15) is 0 Å². The Morgan fingerprint density at radius 3 is 2.57 bits per heavy atom. The Bertz CT molecular complexity index is 475. The summed E-state index contributed by atoms with van der Waals surface area (Å²) in [4.78, 5) is 2.65. The van der Waals surface area contributed by atoms with E-state index in [0.717, 1.165) is 35.6 Å². The Labute approximate surface area is 132 Å². The van der Waals surface area contributed by atoms with Gasteiger partial charge >= 0.3 is 0 Å². The van der Waals surface area contributed by atoms with Crippen LogP contribution in [0.5, 0.6) is 0 Å². The van der Waals surface area contributed by atoms with Crippen molar-refractivity contribution in [2.45, 2.75) is 51.6 Å². The van der Waals surface area contributed by atoms with Crippen LogP contribution in [0, 0.1) is 5.92 Å². The smallest absolute Gasteiger partial charge is 0.0863 e. The van der Waals surface area contributed by atoms with Gasteiger partial charge in [-0.25, -0.2) is 0 Å². The highest BCUT2D eigenvalue weighted by atomic mass is 35.5. The summed E-state index contributed by atoms with van der Waals surface area (Å²) in [7, 11) is 2.02. The molecule has 1 aromatic rings. The topological polar surface area (TPSA) is 33.1 Å². The van der Waals surface area contributed by atoms with Crippen LogP contribution in [0.25, 0.3) is 0 Å². The first-order valence-corrected chi connectivity index (χ1v) is 8.71. The predicted molar refractivity (Wildman–Crippen MR) is 86.6 cm³/mol. The van der Waals surface area contributed by atoms with Gasteiger partial charge in [0.05, 0.1) is 16.4 Å². The molecule has 0 unspecified atom stereocenters. The van der Waals surface area contributed by atoms with Gasteiger partial charge in [-0.3, -0.25) is 9.58 Å². The van der Waals surface area contributed by atoms with Crippen LogP contribution in [0.15, 0.2) is 0 Å². The normalized spacial score (nSPS) is 20.4. The molecule has 1 aromatic heterocycles.